The van der Waals surface area contributed by atoms with Gasteiger partial charge in [-0.05, 0) is 11.6 Å². The highest BCUT2D eigenvalue weighted by atomic mass is 35.5. The van der Waals surface area contributed by atoms with Crippen LogP contribution in [-0.4, -0.2) is 33.3 Å². The van der Waals surface area contributed by atoms with Gasteiger partial charge in [-0.2, -0.15) is 4.98 Å². The first-order chi connectivity index (χ1) is 6.15. The van der Waals surface area contributed by atoms with Crippen molar-refractivity contribution in [2.75, 3.05) is 18.5 Å². The standard InChI is InChI=1S/C6H7Cl2N3O2/c7-4-3(13)5(9-1-2-12)11-6(8)10-4/h12-13H,1-2H2,(H,9,10,11). The number of nitrogens with zero attached hydrogens (tertiary/aromatic N) is 2. The van der Waals surface area contributed by atoms with Crippen LogP contribution in [0.2, 0.25) is 10.4 Å². The number of aliphatic hydroxyl groups is 1. The van der Waals surface area contributed by atoms with Crippen LogP contribution in [0.3, 0.4) is 0 Å². The highest BCUT2D eigenvalue weighted by Gasteiger charge is 2.09. The summed E-state index contributed by atoms with van der Waals surface area (Å²) in [6.45, 7) is 0.163. The largest absolute Gasteiger partial charge is 0.502 e. The second-order valence-corrected chi connectivity index (χ2v) is 2.83. The fraction of sp³-hybridized carbons (Fsp3) is 0.333. The van der Waals surface area contributed by atoms with Crippen molar-refractivity contribution in [1.29, 1.82) is 0 Å². The molecule has 0 aromatic carbocycles. The molecule has 0 saturated heterocycles. The van der Waals surface area contributed by atoms with Crippen molar-refractivity contribution >= 4 is 29.0 Å². The van der Waals surface area contributed by atoms with Crippen LogP contribution in [0.1, 0.15) is 0 Å². The molecule has 1 aromatic heterocycles. The maximum Gasteiger partial charge on any atom is 0.226 e. The minimum atomic E-state index is -0.278. The molecule has 0 spiro atoms. The molecular formula is C6H7Cl2N3O2. The van der Waals surface area contributed by atoms with Crippen molar-refractivity contribution in [3.8, 4) is 5.75 Å². The zero-order chi connectivity index (χ0) is 9.84. The van der Waals surface area contributed by atoms with Gasteiger partial charge in [0.1, 0.15) is 0 Å². The van der Waals surface area contributed by atoms with Crippen molar-refractivity contribution in [2.24, 2.45) is 0 Å². The molecule has 0 radical (unpaired) electrons. The fourth-order valence-electron chi connectivity index (χ4n) is 0.699. The number of aromatic hydroxyl groups is 1. The smallest absolute Gasteiger partial charge is 0.226 e. The van der Waals surface area contributed by atoms with Gasteiger partial charge in [0, 0.05) is 6.54 Å². The monoisotopic (exact) mass is 223 g/mol. The van der Waals surface area contributed by atoms with E-state index in [0.29, 0.717) is 0 Å². The number of aromatic nitrogens is 2. The molecule has 0 atom stereocenters. The SMILES string of the molecule is OCCNc1nc(Cl)nc(Cl)c1O. The molecule has 0 aliphatic heterocycles. The first-order valence-electron chi connectivity index (χ1n) is 3.42. The quantitative estimate of drug-likeness (QED) is 0.525. The molecular weight excluding hydrogens is 217 g/mol. The number of halogens is 2. The highest BCUT2D eigenvalue weighted by Crippen LogP contribution is 2.29. The Balaban J connectivity index is 2.92. The fourth-order valence-corrected chi connectivity index (χ4v) is 1.08. The lowest BCUT2D eigenvalue weighted by molar-refractivity contribution is 0.310. The third-order valence-electron chi connectivity index (χ3n) is 1.22. The Morgan fingerprint density at radius 2 is 2.00 bits per heavy atom. The normalized spacial score (nSPS) is 10.1. The van der Waals surface area contributed by atoms with Crippen LogP contribution in [0, 0.1) is 0 Å². The predicted octanol–water partition coefficient (Wildman–Crippen LogP) is 0.893. The highest BCUT2D eigenvalue weighted by molar-refractivity contribution is 6.33. The number of nitrogens with one attached hydrogen (secondary N) is 1. The van der Waals surface area contributed by atoms with Crippen LogP contribution in [0.15, 0.2) is 0 Å². The Morgan fingerprint density at radius 1 is 1.31 bits per heavy atom. The van der Waals surface area contributed by atoms with Crippen LogP contribution < -0.4 is 5.32 Å². The summed E-state index contributed by atoms with van der Waals surface area (Å²) in [6.07, 6.45) is 0. The first kappa shape index (κ1) is 10.3. The molecule has 0 amide bonds. The van der Waals surface area contributed by atoms with Gasteiger partial charge in [0.25, 0.3) is 0 Å². The number of hydrogen-bond acceptors (Lipinski definition) is 5. The third kappa shape index (κ3) is 2.58. The van der Waals surface area contributed by atoms with Crippen molar-refractivity contribution in [2.45, 2.75) is 0 Å². The summed E-state index contributed by atoms with van der Waals surface area (Å²) in [5.74, 6) is -0.168. The van der Waals surface area contributed by atoms with E-state index in [1.54, 1.807) is 0 Å². The summed E-state index contributed by atoms with van der Waals surface area (Å²) in [6, 6.07) is 0. The second kappa shape index (κ2) is 4.45. The lowest BCUT2D eigenvalue weighted by Gasteiger charge is -2.06. The van der Waals surface area contributed by atoms with Gasteiger partial charge in [0.05, 0.1) is 6.61 Å². The van der Waals surface area contributed by atoms with Gasteiger partial charge in [0.15, 0.2) is 16.7 Å². The molecule has 13 heavy (non-hydrogen) atoms. The molecule has 72 valence electrons. The molecule has 1 heterocycles. The molecule has 0 bridgehead atoms. The lowest BCUT2D eigenvalue weighted by Crippen LogP contribution is -2.07. The van der Waals surface area contributed by atoms with E-state index in [4.69, 9.17) is 28.3 Å². The molecule has 0 unspecified atom stereocenters. The van der Waals surface area contributed by atoms with Gasteiger partial charge < -0.3 is 15.5 Å². The average Bonchev–Trinajstić information content (AvgIpc) is 2.09. The van der Waals surface area contributed by atoms with E-state index in [2.05, 4.69) is 15.3 Å². The van der Waals surface area contributed by atoms with Crippen molar-refractivity contribution in [1.82, 2.24) is 9.97 Å². The van der Waals surface area contributed by atoms with Gasteiger partial charge in [-0.25, -0.2) is 4.98 Å². The van der Waals surface area contributed by atoms with Gasteiger partial charge >= 0.3 is 0 Å². The van der Waals surface area contributed by atoms with E-state index in [-0.39, 0.29) is 35.2 Å². The Morgan fingerprint density at radius 3 is 2.62 bits per heavy atom. The van der Waals surface area contributed by atoms with E-state index in [1.165, 1.54) is 0 Å². The molecule has 5 nitrogen and oxygen atoms in total. The summed E-state index contributed by atoms with van der Waals surface area (Å²) >= 11 is 11.0. The molecule has 0 aliphatic carbocycles. The maximum atomic E-state index is 9.29. The number of aliphatic hydroxyl groups excluding tert-OH is 1. The minimum absolute atomic E-state index is 0.0664. The van der Waals surface area contributed by atoms with Crippen LogP contribution in [0.4, 0.5) is 5.82 Å². The van der Waals surface area contributed by atoms with E-state index in [9.17, 15) is 5.11 Å². The molecule has 1 rings (SSSR count). The van der Waals surface area contributed by atoms with Crippen LogP contribution in [-0.2, 0) is 0 Å². The zero-order valence-corrected chi connectivity index (χ0v) is 7.97. The summed E-state index contributed by atoms with van der Waals surface area (Å²) in [4.78, 5) is 7.18. The summed E-state index contributed by atoms with van der Waals surface area (Å²) in [5, 5.41) is 20.2. The maximum absolute atomic E-state index is 9.29. The second-order valence-electron chi connectivity index (χ2n) is 2.13. The van der Waals surface area contributed by atoms with Crippen molar-refractivity contribution in [3.63, 3.8) is 0 Å². The van der Waals surface area contributed by atoms with Crippen LogP contribution in [0.5, 0.6) is 5.75 Å². The van der Waals surface area contributed by atoms with Gasteiger partial charge in [-0.1, -0.05) is 11.6 Å². The summed E-state index contributed by atoms with van der Waals surface area (Å²) in [5.41, 5.74) is 0. The molecule has 0 aliphatic rings. The number of anilines is 1. The number of hydrogen-bond donors (Lipinski definition) is 3. The van der Waals surface area contributed by atoms with E-state index in [1.807, 2.05) is 0 Å². The van der Waals surface area contributed by atoms with E-state index in [0.717, 1.165) is 0 Å². The molecule has 1 aromatic rings. The Hall–Kier alpha value is -0.780. The molecule has 0 fully saturated rings. The van der Waals surface area contributed by atoms with Gasteiger partial charge in [0.2, 0.25) is 5.28 Å². The average molecular weight is 224 g/mol. The van der Waals surface area contributed by atoms with Gasteiger partial charge in [-0.15, -0.1) is 0 Å². The predicted molar refractivity (Wildman–Crippen MR) is 49.3 cm³/mol. The lowest BCUT2D eigenvalue weighted by atomic mass is 10.5. The Labute approximate surface area is 84.3 Å². The molecule has 3 N–H and O–H groups in total. The number of rotatable bonds is 3. The van der Waals surface area contributed by atoms with Crippen molar-refractivity contribution in [3.05, 3.63) is 10.4 Å². The van der Waals surface area contributed by atoms with Crippen LogP contribution in [0.25, 0.3) is 0 Å². The van der Waals surface area contributed by atoms with Crippen molar-refractivity contribution < 1.29 is 10.2 Å². The Bertz CT molecular complexity index is 308. The first-order valence-corrected chi connectivity index (χ1v) is 4.17. The van der Waals surface area contributed by atoms with E-state index < -0.39 is 0 Å². The zero-order valence-electron chi connectivity index (χ0n) is 6.46. The minimum Gasteiger partial charge on any atom is -0.502 e. The molecule has 7 heteroatoms. The van der Waals surface area contributed by atoms with Gasteiger partial charge in [-0.3, -0.25) is 0 Å². The topological polar surface area (TPSA) is 78.3 Å². The third-order valence-corrected chi connectivity index (χ3v) is 1.65. The summed E-state index contributed by atoms with van der Waals surface area (Å²) < 4.78 is 0. The molecule has 0 saturated carbocycles. The Kier molecular flexibility index (Phi) is 3.53. The van der Waals surface area contributed by atoms with Crippen LogP contribution >= 0.6 is 23.2 Å². The van der Waals surface area contributed by atoms with E-state index >= 15 is 0 Å². The summed E-state index contributed by atoms with van der Waals surface area (Å²) in [7, 11) is 0.